The molecule has 1 aromatic carbocycles. The molecule has 0 aliphatic heterocycles. The number of carbonyl (C=O) groups excluding carboxylic acids is 1. The Hall–Kier alpha value is -2.28. The molecule has 0 atom stereocenters. The van der Waals surface area contributed by atoms with Crippen LogP contribution in [0, 0.1) is 0 Å². The van der Waals surface area contributed by atoms with Crippen molar-refractivity contribution in [2.24, 2.45) is 0 Å². The summed E-state index contributed by atoms with van der Waals surface area (Å²) in [6.07, 6.45) is 0. The molecular formula is C14H21N3O4. The van der Waals surface area contributed by atoms with Crippen molar-refractivity contribution in [2.75, 3.05) is 38.1 Å². The number of benzene rings is 1. The molecule has 116 valence electrons. The lowest BCUT2D eigenvalue weighted by molar-refractivity contribution is -0.135. The Balaban J connectivity index is 2.70. The lowest BCUT2D eigenvalue weighted by Gasteiger charge is -2.22. The molecule has 0 saturated heterocycles. The molecule has 1 aromatic rings. The van der Waals surface area contributed by atoms with E-state index in [2.05, 4.69) is 5.32 Å². The van der Waals surface area contributed by atoms with Crippen molar-refractivity contribution >= 4 is 17.7 Å². The van der Waals surface area contributed by atoms with Crippen LogP contribution in [0.4, 0.5) is 10.5 Å². The fourth-order valence-electron chi connectivity index (χ4n) is 1.66. The predicted octanol–water partition coefficient (Wildman–Crippen LogP) is 0.945. The van der Waals surface area contributed by atoms with Crippen LogP contribution in [0.25, 0.3) is 0 Å². The van der Waals surface area contributed by atoms with Crippen LogP contribution >= 0.6 is 0 Å². The maximum absolute atomic E-state index is 12.1. The van der Waals surface area contributed by atoms with Gasteiger partial charge in [0.05, 0.1) is 0 Å². The third-order valence-electron chi connectivity index (χ3n) is 3.01. The fourth-order valence-corrected chi connectivity index (χ4v) is 1.66. The van der Waals surface area contributed by atoms with E-state index in [0.717, 1.165) is 11.4 Å². The van der Waals surface area contributed by atoms with Crippen molar-refractivity contribution in [3.05, 3.63) is 24.3 Å². The average molecular weight is 295 g/mol. The lowest BCUT2D eigenvalue weighted by Crippen LogP contribution is -2.45. The smallest absolute Gasteiger partial charge is 0.323 e. The molecule has 7 nitrogen and oxygen atoms in total. The van der Waals surface area contributed by atoms with Crippen molar-refractivity contribution in [2.45, 2.75) is 6.92 Å². The summed E-state index contributed by atoms with van der Waals surface area (Å²) in [7, 11) is 1.93. The second-order valence-electron chi connectivity index (χ2n) is 4.62. The molecule has 7 heteroatoms. The molecule has 0 aliphatic carbocycles. The maximum Gasteiger partial charge on any atom is 0.323 e. The number of nitrogens with one attached hydrogen (secondary N) is 1. The number of phenols is 1. The van der Waals surface area contributed by atoms with E-state index in [9.17, 15) is 14.7 Å². The number of rotatable bonds is 7. The minimum atomic E-state index is -1.11. The van der Waals surface area contributed by atoms with Crippen LogP contribution in [-0.2, 0) is 4.79 Å². The number of carboxylic acid groups (broad SMARTS) is 1. The minimum absolute atomic E-state index is 0.0546. The zero-order valence-corrected chi connectivity index (χ0v) is 12.2. The van der Waals surface area contributed by atoms with Crippen LogP contribution in [0.15, 0.2) is 24.3 Å². The molecule has 2 amide bonds. The minimum Gasteiger partial charge on any atom is -0.508 e. The topological polar surface area (TPSA) is 93.1 Å². The van der Waals surface area contributed by atoms with E-state index in [4.69, 9.17) is 5.11 Å². The van der Waals surface area contributed by atoms with Gasteiger partial charge in [0.1, 0.15) is 12.3 Å². The summed E-state index contributed by atoms with van der Waals surface area (Å²) < 4.78 is 0. The Morgan fingerprint density at radius 3 is 2.38 bits per heavy atom. The Kier molecular flexibility index (Phi) is 6.48. The van der Waals surface area contributed by atoms with E-state index >= 15 is 0 Å². The van der Waals surface area contributed by atoms with Crippen LogP contribution in [0.3, 0.4) is 0 Å². The first-order valence-corrected chi connectivity index (χ1v) is 6.68. The van der Waals surface area contributed by atoms with Crippen molar-refractivity contribution in [1.82, 2.24) is 10.2 Å². The number of urea groups is 1. The quantitative estimate of drug-likeness (QED) is 0.696. The Bertz CT molecular complexity index is 476. The number of phenolic OH excluding ortho intramolecular Hbond substituents is 1. The van der Waals surface area contributed by atoms with Crippen molar-refractivity contribution in [3.63, 3.8) is 0 Å². The summed E-state index contributed by atoms with van der Waals surface area (Å²) in [4.78, 5) is 26.2. The highest BCUT2D eigenvalue weighted by Gasteiger charge is 2.18. The van der Waals surface area contributed by atoms with E-state index in [1.165, 1.54) is 24.3 Å². The molecule has 0 saturated carbocycles. The van der Waals surface area contributed by atoms with Gasteiger partial charge < -0.3 is 20.4 Å². The highest BCUT2D eigenvalue weighted by Crippen LogP contribution is 2.18. The number of likely N-dealkylation sites (N-methyl/N-ethyl adjacent to an activating group) is 1. The summed E-state index contributed by atoms with van der Waals surface area (Å²) in [5, 5.41) is 20.9. The van der Waals surface area contributed by atoms with Crippen molar-refractivity contribution in [1.29, 1.82) is 0 Å². The third-order valence-corrected chi connectivity index (χ3v) is 3.01. The van der Waals surface area contributed by atoms with Gasteiger partial charge >= 0.3 is 12.0 Å². The van der Waals surface area contributed by atoms with E-state index in [1.54, 1.807) is 0 Å². The largest absolute Gasteiger partial charge is 0.508 e. The Labute approximate surface area is 123 Å². The van der Waals surface area contributed by atoms with Gasteiger partial charge in [-0.15, -0.1) is 0 Å². The van der Waals surface area contributed by atoms with Gasteiger partial charge in [0.15, 0.2) is 0 Å². The first-order chi connectivity index (χ1) is 9.93. The molecule has 0 radical (unpaired) electrons. The highest BCUT2D eigenvalue weighted by molar-refractivity contribution is 5.96. The third kappa shape index (κ3) is 5.70. The summed E-state index contributed by atoms with van der Waals surface area (Å²) in [6.45, 7) is 3.54. The molecule has 3 N–H and O–H groups in total. The molecule has 0 bridgehead atoms. The first-order valence-electron chi connectivity index (χ1n) is 6.68. The van der Waals surface area contributed by atoms with Gasteiger partial charge in [0, 0.05) is 18.8 Å². The standard InChI is InChI=1S/C14H21N3O4/c1-3-16(2)9-8-15-14(21)17(10-13(19)20)11-4-6-12(18)7-5-11/h4-7,18H,3,8-10H2,1-2H3,(H,15,21)(H,19,20). The number of carbonyl (C=O) groups is 2. The number of carboxylic acids is 1. The highest BCUT2D eigenvalue weighted by atomic mass is 16.4. The molecule has 0 aliphatic rings. The van der Waals surface area contributed by atoms with E-state index in [1.807, 2.05) is 18.9 Å². The molecule has 0 spiro atoms. The van der Waals surface area contributed by atoms with Crippen LogP contribution in [0.2, 0.25) is 0 Å². The molecular weight excluding hydrogens is 274 g/mol. The number of aliphatic carboxylic acids is 1. The van der Waals surface area contributed by atoms with Crippen LogP contribution in [0.1, 0.15) is 6.92 Å². The van der Waals surface area contributed by atoms with Gasteiger partial charge in [0.25, 0.3) is 0 Å². The van der Waals surface area contributed by atoms with Gasteiger partial charge in [-0.1, -0.05) is 6.92 Å². The number of hydrogen-bond donors (Lipinski definition) is 3. The molecule has 0 unspecified atom stereocenters. The van der Waals surface area contributed by atoms with Gasteiger partial charge in [-0.25, -0.2) is 4.79 Å². The SMILES string of the molecule is CCN(C)CCNC(=O)N(CC(=O)O)c1ccc(O)cc1. The van der Waals surface area contributed by atoms with Gasteiger partial charge in [0.2, 0.25) is 0 Å². The second-order valence-corrected chi connectivity index (χ2v) is 4.62. The number of aromatic hydroxyl groups is 1. The monoisotopic (exact) mass is 295 g/mol. The van der Waals surface area contributed by atoms with Crippen LogP contribution < -0.4 is 10.2 Å². The first kappa shape index (κ1) is 16.8. The number of hydrogen-bond acceptors (Lipinski definition) is 4. The summed E-state index contributed by atoms with van der Waals surface area (Å²) >= 11 is 0. The van der Waals surface area contributed by atoms with Gasteiger partial charge in [-0.2, -0.15) is 0 Å². The average Bonchev–Trinajstić information content (AvgIpc) is 2.45. The summed E-state index contributed by atoms with van der Waals surface area (Å²) in [5.74, 6) is -1.05. The number of anilines is 1. The fraction of sp³-hybridized carbons (Fsp3) is 0.429. The molecule has 0 fully saturated rings. The lowest BCUT2D eigenvalue weighted by atomic mass is 10.3. The zero-order chi connectivity index (χ0) is 15.8. The molecule has 0 heterocycles. The van der Waals surface area contributed by atoms with Gasteiger partial charge in [-0.05, 0) is 37.9 Å². The zero-order valence-electron chi connectivity index (χ0n) is 12.2. The van der Waals surface area contributed by atoms with E-state index in [-0.39, 0.29) is 5.75 Å². The molecule has 1 rings (SSSR count). The van der Waals surface area contributed by atoms with E-state index < -0.39 is 18.5 Å². The Morgan fingerprint density at radius 1 is 1.24 bits per heavy atom. The maximum atomic E-state index is 12.1. The molecule has 21 heavy (non-hydrogen) atoms. The van der Waals surface area contributed by atoms with E-state index in [0.29, 0.717) is 18.8 Å². The predicted molar refractivity (Wildman–Crippen MR) is 79.7 cm³/mol. The second kappa shape index (κ2) is 8.11. The number of nitrogens with zero attached hydrogens (tertiary/aromatic N) is 2. The summed E-state index contributed by atoms with van der Waals surface area (Å²) in [6, 6.07) is 5.32. The Morgan fingerprint density at radius 2 is 1.86 bits per heavy atom. The van der Waals surface area contributed by atoms with Gasteiger partial charge in [-0.3, -0.25) is 9.69 Å². The van der Waals surface area contributed by atoms with Crippen LogP contribution in [-0.4, -0.2) is 60.3 Å². The molecule has 0 aromatic heterocycles. The summed E-state index contributed by atoms with van der Waals surface area (Å²) in [5.41, 5.74) is 0.413. The normalized spacial score (nSPS) is 10.4. The number of amides is 2. The van der Waals surface area contributed by atoms with Crippen LogP contribution in [0.5, 0.6) is 5.75 Å². The van der Waals surface area contributed by atoms with Crippen molar-refractivity contribution < 1.29 is 19.8 Å². The van der Waals surface area contributed by atoms with Crippen molar-refractivity contribution in [3.8, 4) is 5.75 Å².